The third-order valence-electron chi connectivity index (χ3n) is 0. The number of rotatable bonds is 0. The molecule has 9 heteroatoms. The summed E-state index contributed by atoms with van der Waals surface area (Å²) in [5.74, 6) is 0. The minimum atomic E-state index is -4.89. The first-order chi connectivity index (χ1) is 3.73. The Hall–Kier alpha value is 0.575. The molecule has 2 N–H and O–H groups in total. The van der Waals surface area contributed by atoms with Gasteiger partial charge in [-0.2, -0.15) is 0 Å². The Balaban J connectivity index is -0.0000000910. The molecule has 0 fully saturated rings. The van der Waals surface area contributed by atoms with E-state index < -0.39 is 14.0 Å². The number of carbonyl (C=O) groups excluding carboxylic acids is 1. The number of phosphoric acid groups is 1. The molecule has 0 aliphatic rings. The van der Waals surface area contributed by atoms with Crippen molar-refractivity contribution in [3.05, 3.63) is 0 Å². The maximum absolute atomic E-state index is 8.77. The Morgan fingerprint density at radius 1 is 1.30 bits per heavy atom. The number of carbonyl (C=O) groups is 1. The first-order valence-corrected chi connectivity index (χ1v) is 2.91. The fraction of sp³-hybridized carbons (Fsp3) is 0. The molecule has 0 aliphatic carbocycles. The molecular weight excluding hydrogens is 294 g/mol. The molecule has 0 amide bonds. The van der Waals surface area contributed by atoms with Crippen LogP contribution in [-0.4, -0.2) is 15.9 Å². The van der Waals surface area contributed by atoms with Crippen molar-refractivity contribution in [2.45, 2.75) is 0 Å². The van der Waals surface area contributed by atoms with Gasteiger partial charge in [0.15, 0.2) is 0 Å². The third kappa shape index (κ3) is 1490. The average Bonchev–Trinajstić information content (AvgIpc) is 1.19. The van der Waals surface area contributed by atoms with Gasteiger partial charge in [-0.15, -0.1) is 0 Å². The summed E-state index contributed by atoms with van der Waals surface area (Å²) in [7, 11) is -4.89. The smallest absolute Gasteiger partial charge is 0.756 e. The molecule has 0 aliphatic heterocycles. The van der Waals surface area contributed by atoms with Crippen molar-refractivity contribution in [2.75, 3.05) is 0 Å². The molecule has 0 saturated carbocycles. The molecule has 0 saturated heterocycles. The standard InChI is InChI=1S/CH2O3.La.H3O4P/c2-1(3)4;;1-5(2,3)4/h(H2,2,3,4);;(H3,1,2,3,4)/q;+3;/p-3. The van der Waals surface area contributed by atoms with Gasteiger partial charge >= 0.3 is 35.6 Å². The third-order valence-corrected chi connectivity index (χ3v) is 0. The van der Waals surface area contributed by atoms with Crippen molar-refractivity contribution in [3.63, 3.8) is 0 Å². The van der Waals surface area contributed by atoms with Crippen molar-refractivity contribution in [1.82, 2.24) is 0 Å². The van der Waals surface area contributed by atoms with E-state index in [1.807, 2.05) is 0 Å². The molecule has 0 bridgehead atoms. The predicted octanol–water partition coefficient (Wildman–Crippen LogP) is -4.01. The fourth-order valence-electron chi connectivity index (χ4n) is 0. The SMILES string of the molecule is O=C([O-])[O-].O=P([O-])(O)O.[La+3]. The molecule has 0 unspecified atom stereocenters. The Kier molecular flexibility index (Phi) is 13.0. The van der Waals surface area contributed by atoms with Crippen LogP contribution in [0.2, 0.25) is 0 Å². The van der Waals surface area contributed by atoms with Gasteiger partial charge in [0.25, 0.3) is 7.82 Å². The molecule has 0 heterocycles. The normalized spacial score (nSPS) is 8.30. The van der Waals surface area contributed by atoms with Gasteiger partial charge in [-0.3, -0.25) is 4.57 Å². The fourth-order valence-corrected chi connectivity index (χ4v) is 0. The maximum Gasteiger partial charge on any atom is 3.00 e. The van der Waals surface area contributed by atoms with E-state index in [1.54, 1.807) is 0 Å². The quantitative estimate of drug-likeness (QED) is 0.433. The molecule has 0 aromatic carbocycles. The number of hydrogen-bond acceptors (Lipinski definition) is 5. The molecule has 7 nitrogen and oxygen atoms in total. The van der Waals surface area contributed by atoms with E-state index >= 15 is 0 Å². The summed E-state index contributed by atoms with van der Waals surface area (Å²) < 4.78 is 8.77. The summed E-state index contributed by atoms with van der Waals surface area (Å²) in [6, 6.07) is 0. The molecule has 0 spiro atoms. The Bertz CT molecular complexity index is 113. The Morgan fingerprint density at radius 3 is 1.30 bits per heavy atom. The molecule has 56 valence electrons. The number of hydrogen-bond donors (Lipinski definition) is 2. The second-order valence-corrected chi connectivity index (χ2v) is 1.72. The average molecular weight is 296 g/mol. The zero-order valence-electron chi connectivity index (χ0n) is 4.46. The zero-order chi connectivity index (χ0) is 8.08. The molecule has 0 radical (unpaired) electrons. The van der Waals surface area contributed by atoms with Crippen molar-refractivity contribution < 1.29 is 69.9 Å². The second-order valence-electron chi connectivity index (χ2n) is 0.741. The van der Waals surface area contributed by atoms with Gasteiger partial charge in [-0.05, 0) is 6.16 Å². The molecule has 0 rings (SSSR count). The molecule has 0 aromatic rings. The van der Waals surface area contributed by atoms with Crippen LogP contribution >= 0.6 is 7.82 Å². The van der Waals surface area contributed by atoms with Gasteiger partial charge in [0.1, 0.15) is 0 Å². The van der Waals surface area contributed by atoms with Crippen LogP contribution in [0.4, 0.5) is 4.79 Å². The Labute approximate surface area is 83.5 Å². The predicted molar refractivity (Wildman–Crippen MR) is 17.4 cm³/mol. The van der Waals surface area contributed by atoms with Gasteiger partial charge in [-0.25, -0.2) is 0 Å². The van der Waals surface area contributed by atoms with Crippen LogP contribution in [0.5, 0.6) is 0 Å². The zero-order valence-corrected chi connectivity index (χ0v) is 8.98. The van der Waals surface area contributed by atoms with Crippen LogP contribution in [0.3, 0.4) is 0 Å². The first-order valence-electron chi connectivity index (χ1n) is 1.38. The van der Waals surface area contributed by atoms with E-state index in [0.717, 1.165) is 0 Å². The van der Waals surface area contributed by atoms with Crippen LogP contribution in [0.25, 0.3) is 0 Å². The van der Waals surface area contributed by atoms with Gasteiger partial charge in [0.2, 0.25) is 0 Å². The molecule has 0 atom stereocenters. The second kappa shape index (κ2) is 7.68. The van der Waals surface area contributed by atoms with Crippen LogP contribution in [0, 0.1) is 35.6 Å². The van der Waals surface area contributed by atoms with Crippen LogP contribution in [-0.2, 0) is 4.57 Å². The summed E-state index contributed by atoms with van der Waals surface area (Å²) in [6.07, 6.45) is -2.33. The van der Waals surface area contributed by atoms with E-state index in [0.29, 0.717) is 0 Å². The maximum atomic E-state index is 8.77. The van der Waals surface area contributed by atoms with E-state index in [-0.39, 0.29) is 35.6 Å². The minimum absolute atomic E-state index is 0. The summed E-state index contributed by atoms with van der Waals surface area (Å²) in [5, 5.41) is 16.7. The van der Waals surface area contributed by atoms with E-state index in [2.05, 4.69) is 0 Å². The summed E-state index contributed by atoms with van der Waals surface area (Å²) in [6.45, 7) is 0. The molecule has 0 aromatic heterocycles. The number of carboxylic acid groups (broad SMARTS) is 2. The van der Waals surface area contributed by atoms with Crippen molar-refractivity contribution in [2.24, 2.45) is 0 Å². The van der Waals surface area contributed by atoms with Crippen LogP contribution < -0.4 is 15.1 Å². The molecule has 10 heavy (non-hydrogen) atoms. The van der Waals surface area contributed by atoms with Gasteiger partial charge in [0.05, 0.1) is 0 Å². The van der Waals surface area contributed by atoms with Crippen molar-refractivity contribution >= 4 is 14.0 Å². The van der Waals surface area contributed by atoms with Gasteiger partial charge < -0.3 is 29.7 Å². The van der Waals surface area contributed by atoms with Gasteiger partial charge in [0, 0.05) is 0 Å². The summed E-state index contributed by atoms with van der Waals surface area (Å²) in [4.78, 5) is 31.3. The van der Waals surface area contributed by atoms with E-state index in [1.165, 1.54) is 0 Å². The van der Waals surface area contributed by atoms with Gasteiger partial charge in [-0.1, -0.05) is 0 Å². The Morgan fingerprint density at radius 2 is 1.30 bits per heavy atom. The monoisotopic (exact) mass is 296 g/mol. The van der Waals surface area contributed by atoms with Crippen LogP contribution in [0.1, 0.15) is 0 Å². The minimum Gasteiger partial charge on any atom is -0.756 e. The summed E-state index contributed by atoms with van der Waals surface area (Å²) >= 11 is 0. The largest absolute Gasteiger partial charge is 3.00 e. The topological polar surface area (TPSA) is 144 Å². The first kappa shape index (κ1) is 16.9. The van der Waals surface area contributed by atoms with E-state index in [9.17, 15) is 0 Å². The van der Waals surface area contributed by atoms with Crippen LogP contribution in [0.15, 0.2) is 0 Å². The molecular formula is CH2LaO7P. The van der Waals surface area contributed by atoms with Crippen molar-refractivity contribution in [1.29, 1.82) is 0 Å². The van der Waals surface area contributed by atoms with E-state index in [4.69, 9.17) is 34.3 Å². The van der Waals surface area contributed by atoms with Crippen molar-refractivity contribution in [3.8, 4) is 0 Å². The summed E-state index contributed by atoms with van der Waals surface area (Å²) in [5.41, 5.74) is 0.